The van der Waals surface area contributed by atoms with Gasteiger partial charge in [0.05, 0.1) is 5.92 Å². The lowest BCUT2D eigenvalue weighted by atomic mass is 9.59. The van der Waals surface area contributed by atoms with Crippen LogP contribution in [0.4, 0.5) is 0 Å². The van der Waals surface area contributed by atoms with Crippen molar-refractivity contribution >= 4 is 11.8 Å². The smallest absolute Gasteiger partial charge is 0.309 e. The van der Waals surface area contributed by atoms with Gasteiger partial charge in [-0.15, -0.1) is 0 Å². The second-order valence-corrected chi connectivity index (χ2v) is 5.24. The average molecular weight is 220 g/mol. The summed E-state index contributed by atoms with van der Waals surface area (Å²) in [7, 11) is 0. The van der Waals surface area contributed by atoms with Crippen molar-refractivity contribution in [3.63, 3.8) is 0 Å². The predicted octanol–water partition coefficient (Wildman–Crippen LogP) is 2.01. The van der Waals surface area contributed by atoms with E-state index in [9.17, 15) is 9.59 Å². The molecule has 0 aromatic carbocycles. The minimum Gasteiger partial charge on any atom is -0.464 e. The van der Waals surface area contributed by atoms with Gasteiger partial charge in [0, 0.05) is 11.8 Å². The van der Waals surface area contributed by atoms with Crippen LogP contribution in [0.15, 0.2) is 11.1 Å². The fraction of sp³-hybridized carbons (Fsp3) is 0.692. The molecule has 3 rings (SSSR count). The van der Waals surface area contributed by atoms with Crippen molar-refractivity contribution in [2.75, 3.05) is 6.61 Å². The Kier molecular flexibility index (Phi) is 2.00. The molecule has 3 nitrogen and oxygen atoms in total. The van der Waals surface area contributed by atoms with Gasteiger partial charge in [-0.25, -0.2) is 0 Å². The van der Waals surface area contributed by atoms with E-state index in [0.717, 1.165) is 31.3 Å². The van der Waals surface area contributed by atoms with E-state index in [-0.39, 0.29) is 23.1 Å². The summed E-state index contributed by atoms with van der Waals surface area (Å²) in [6.07, 6.45) is 4.33. The zero-order valence-electron chi connectivity index (χ0n) is 9.54. The van der Waals surface area contributed by atoms with Crippen molar-refractivity contribution in [2.24, 2.45) is 11.3 Å². The maximum absolute atomic E-state index is 11.7. The number of carbonyl (C=O) groups is 2. The largest absolute Gasteiger partial charge is 0.464 e. The molecule has 0 aromatic rings. The summed E-state index contributed by atoms with van der Waals surface area (Å²) in [4.78, 5) is 23.4. The summed E-state index contributed by atoms with van der Waals surface area (Å²) >= 11 is 0. The van der Waals surface area contributed by atoms with Crippen LogP contribution < -0.4 is 0 Å². The quantitative estimate of drug-likeness (QED) is 0.586. The number of allylic oxidation sites excluding steroid dienone is 1. The molecule has 1 spiro atoms. The second kappa shape index (κ2) is 3.19. The number of ketones is 1. The van der Waals surface area contributed by atoms with Crippen molar-refractivity contribution in [3.8, 4) is 0 Å². The molecule has 0 radical (unpaired) electrons. The zero-order valence-corrected chi connectivity index (χ0v) is 9.54. The van der Waals surface area contributed by atoms with Crippen LogP contribution in [0.2, 0.25) is 0 Å². The van der Waals surface area contributed by atoms with Gasteiger partial charge >= 0.3 is 5.97 Å². The van der Waals surface area contributed by atoms with Crippen LogP contribution >= 0.6 is 0 Å². The van der Waals surface area contributed by atoms with Crippen molar-refractivity contribution < 1.29 is 14.3 Å². The maximum Gasteiger partial charge on any atom is 0.309 e. The molecule has 0 amide bonds. The van der Waals surface area contributed by atoms with E-state index in [4.69, 9.17) is 4.74 Å². The fourth-order valence-corrected chi connectivity index (χ4v) is 3.70. The van der Waals surface area contributed by atoms with Crippen molar-refractivity contribution in [3.05, 3.63) is 11.1 Å². The number of rotatable bonds is 0. The molecule has 1 saturated carbocycles. The highest BCUT2D eigenvalue weighted by molar-refractivity contribution is 5.97. The number of Topliss-reactive ketones (excluding diaryl/α,β-unsaturated/α-hetero) is 1. The normalized spacial score (nSPS) is 38.2. The molecule has 0 bridgehead atoms. The molecular weight excluding hydrogens is 204 g/mol. The first-order valence-corrected chi connectivity index (χ1v) is 6.05. The molecule has 1 aliphatic heterocycles. The van der Waals surface area contributed by atoms with Gasteiger partial charge in [-0.05, 0) is 38.2 Å². The Labute approximate surface area is 94.8 Å². The highest BCUT2D eigenvalue weighted by Crippen LogP contribution is 2.55. The molecular formula is C13H16O3. The Bertz CT molecular complexity index is 407. The molecule has 1 heterocycles. The first-order valence-electron chi connectivity index (χ1n) is 6.05. The molecule has 1 saturated heterocycles. The molecule has 0 N–H and O–H groups in total. The Balaban J connectivity index is 2.12. The summed E-state index contributed by atoms with van der Waals surface area (Å²) in [5.41, 5.74) is 2.04. The monoisotopic (exact) mass is 220 g/mol. The van der Waals surface area contributed by atoms with Gasteiger partial charge in [0.2, 0.25) is 0 Å². The summed E-state index contributed by atoms with van der Waals surface area (Å²) < 4.78 is 5.26. The van der Waals surface area contributed by atoms with E-state index < -0.39 is 0 Å². The van der Waals surface area contributed by atoms with Gasteiger partial charge in [-0.1, -0.05) is 5.57 Å². The molecule has 2 atom stereocenters. The number of carbonyl (C=O) groups excluding carboxylic acids is 2. The summed E-state index contributed by atoms with van der Waals surface area (Å²) in [6.45, 7) is 2.43. The van der Waals surface area contributed by atoms with Gasteiger partial charge in [0.1, 0.15) is 6.61 Å². The molecule has 0 aromatic heterocycles. The number of esters is 1. The van der Waals surface area contributed by atoms with Crippen molar-refractivity contribution in [1.29, 1.82) is 0 Å². The number of hydrogen-bond acceptors (Lipinski definition) is 3. The van der Waals surface area contributed by atoms with Gasteiger partial charge in [-0.3, -0.25) is 9.59 Å². The third kappa shape index (κ3) is 1.09. The van der Waals surface area contributed by atoms with E-state index >= 15 is 0 Å². The van der Waals surface area contributed by atoms with Crippen LogP contribution in [0.25, 0.3) is 0 Å². The summed E-state index contributed by atoms with van der Waals surface area (Å²) in [6, 6.07) is 0. The van der Waals surface area contributed by atoms with Crippen molar-refractivity contribution in [1.82, 2.24) is 0 Å². The Morgan fingerprint density at radius 2 is 2.12 bits per heavy atom. The van der Waals surface area contributed by atoms with Crippen LogP contribution in [0.3, 0.4) is 0 Å². The lowest BCUT2D eigenvalue weighted by Crippen LogP contribution is -2.40. The number of hydrogen-bond donors (Lipinski definition) is 0. The molecule has 16 heavy (non-hydrogen) atoms. The summed E-state index contributed by atoms with van der Waals surface area (Å²) in [5.74, 6) is 0.249. The van der Waals surface area contributed by atoms with E-state index in [1.165, 1.54) is 5.57 Å². The SMILES string of the molecule is CC1=C2CCCC3C(=O)OCC23CCC1=O. The van der Waals surface area contributed by atoms with E-state index in [0.29, 0.717) is 13.0 Å². The zero-order chi connectivity index (χ0) is 11.3. The van der Waals surface area contributed by atoms with Crippen LogP contribution in [0.1, 0.15) is 39.0 Å². The van der Waals surface area contributed by atoms with E-state index in [1.807, 2.05) is 6.92 Å². The molecule has 2 fully saturated rings. The van der Waals surface area contributed by atoms with Gasteiger partial charge < -0.3 is 4.74 Å². The number of ether oxygens (including phenoxy) is 1. The molecule has 86 valence electrons. The molecule has 2 aliphatic carbocycles. The third-order valence-electron chi connectivity index (χ3n) is 4.61. The van der Waals surface area contributed by atoms with Crippen molar-refractivity contribution in [2.45, 2.75) is 39.0 Å². The van der Waals surface area contributed by atoms with Crippen LogP contribution in [0.5, 0.6) is 0 Å². The predicted molar refractivity (Wildman–Crippen MR) is 57.7 cm³/mol. The number of cyclic esters (lactones) is 1. The maximum atomic E-state index is 11.7. The fourth-order valence-electron chi connectivity index (χ4n) is 3.70. The molecule has 3 heteroatoms. The van der Waals surface area contributed by atoms with Crippen LogP contribution in [-0.4, -0.2) is 18.4 Å². The Morgan fingerprint density at radius 1 is 1.31 bits per heavy atom. The minimum absolute atomic E-state index is 0.0271. The van der Waals surface area contributed by atoms with Gasteiger partial charge in [0.15, 0.2) is 5.78 Å². The average Bonchev–Trinajstić information content (AvgIpc) is 2.62. The highest BCUT2D eigenvalue weighted by Gasteiger charge is 2.55. The first-order chi connectivity index (χ1) is 7.65. The first kappa shape index (κ1) is 10.1. The third-order valence-corrected chi connectivity index (χ3v) is 4.61. The minimum atomic E-state index is -0.104. The lowest BCUT2D eigenvalue weighted by molar-refractivity contribution is -0.141. The lowest BCUT2D eigenvalue weighted by Gasteiger charge is -2.42. The van der Waals surface area contributed by atoms with Crippen LogP contribution in [0, 0.1) is 11.3 Å². The topological polar surface area (TPSA) is 43.4 Å². The molecule has 3 aliphatic rings. The van der Waals surface area contributed by atoms with Gasteiger partial charge in [-0.2, -0.15) is 0 Å². The van der Waals surface area contributed by atoms with E-state index in [1.54, 1.807) is 0 Å². The molecule has 2 unspecified atom stereocenters. The Hall–Kier alpha value is -1.12. The van der Waals surface area contributed by atoms with E-state index in [2.05, 4.69) is 0 Å². The van der Waals surface area contributed by atoms with Gasteiger partial charge in [0.25, 0.3) is 0 Å². The highest BCUT2D eigenvalue weighted by atomic mass is 16.5. The standard InChI is InChI=1S/C13H16O3/c1-8-9-3-2-4-10-12(15)16-7-13(9,10)6-5-11(8)14/h10H,2-7H2,1H3. The van der Waals surface area contributed by atoms with Crippen LogP contribution in [-0.2, 0) is 14.3 Å². The summed E-state index contributed by atoms with van der Waals surface area (Å²) in [5, 5.41) is 0. The Morgan fingerprint density at radius 3 is 2.94 bits per heavy atom. The second-order valence-electron chi connectivity index (χ2n) is 5.24.